The van der Waals surface area contributed by atoms with Crippen LogP contribution in [-0.4, -0.2) is 41.5 Å². The maximum atomic E-state index is 12.1. The Balaban J connectivity index is 1.92. The smallest absolute Gasteiger partial charge is 0.251 e. The third-order valence-corrected chi connectivity index (χ3v) is 3.72. The van der Waals surface area contributed by atoms with E-state index in [1.165, 1.54) is 18.9 Å². The van der Waals surface area contributed by atoms with Crippen LogP contribution >= 0.6 is 11.6 Å². The maximum Gasteiger partial charge on any atom is 0.251 e. The summed E-state index contributed by atoms with van der Waals surface area (Å²) in [6.07, 6.45) is 2.48. The Labute approximate surface area is 123 Å². The van der Waals surface area contributed by atoms with E-state index in [0.717, 1.165) is 13.1 Å². The number of hydrogen-bond donors (Lipinski definition) is 3. The lowest BCUT2D eigenvalue weighted by atomic mass is 10.2. The number of anilines is 1. The minimum atomic E-state index is -0.170. The molecule has 20 heavy (non-hydrogen) atoms. The lowest BCUT2D eigenvalue weighted by molar-refractivity contribution is 0.0940. The molecule has 1 fully saturated rings. The molecule has 2 heterocycles. The van der Waals surface area contributed by atoms with Gasteiger partial charge in [0.15, 0.2) is 0 Å². The van der Waals surface area contributed by atoms with Crippen LogP contribution in [0.25, 0.3) is 0 Å². The minimum absolute atomic E-state index is 0.170. The Hall–Kier alpha value is -1.37. The first-order chi connectivity index (χ1) is 9.60. The zero-order valence-electron chi connectivity index (χ0n) is 11.5. The van der Waals surface area contributed by atoms with Crippen LogP contribution < -0.4 is 16.6 Å². The number of nitrogens with two attached hydrogens (primary N) is 1. The van der Waals surface area contributed by atoms with E-state index >= 15 is 0 Å². The van der Waals surface area contributed by atoms with Crippen molar-refractivity contribution in [1.29, 1.82) is 0 Å². The highest BCUT2D eigenvalue weighted by molar-refractivity contribution is 6.29. The summed E-state index contributed by atoms with van der Waals surface area (Å²) in [5, 5.41) is 3.15. The summed E-state index contributed by atoms with van der Waals surface area (Å²) in [6, 6.07) is 3.44. The predicted molar refractivity (Wildman–Crippen MR) is 79.7 cm³/mol. The highest BCUT2D eigenvalue weighted by Crippen LogP contribution is 2.14. The largest absolute Gasteiger partial charge is 0.350 e. The monoisotopic (exact) mass is 297 g/mol. The van der Waals surface area contributed by atoms with Crippen molar-refractivity contribution in [3.8, 4) is 0 Å². The summed E-state index contributed by atoms with van der Waals surface area (Å²) in [4.78, 5) is 18.4. The fraction of sp³-hybridized carbons (Fsp3) is 0.538. The molecule has 0 aliphatic carbocycles. The summed E-state index contributed by atoms with van der Waals surface area (Å²) in [7, 11) is 0. The number of nitrogens with one attached hydrogen (secondary N) is 2. The first kappa shape index (κ1) is 15.0. The second-order valence-corrected chi connectivity index (χ2v) is 5.40. The third kappa shape index (κ3) is 3.82. The van der Waals surface area contributed by atoms with Crippen LogP contribution in [0.15, 0.2) is 12.1 Å². The molecule has 1 atom stereocenters. The summed E-state index contributed by atoms with van der Waals surface area (Å²) in [6.45, 7) is 4.96. The lowest BCUT2D eigenvalue weighted by Crippen LogP contribution is -2.40. The third-order valence-electron chi connectivity index (χ3n) is 3.53. The molecule has 0 spiro atoms. The van der Waals surface area contributed by atoms with Crippen molar-refractivity contribution in [2.24, 2.45) is 5.84 Å². The van der Waals surface area contributed by atoms with E-state index in [0.29, 0.717) is 24.0 Å². The van der Waals surface area contributed by atoms with E-state index < -0.39 is 0 Å². The molecule has 0 aromatic carbocycles. The van der Waals surface area contributed by atoms with Gasteiger partial charge in [0, 0.05) is 18.2 Å². The van der Waals surface area contributed by atoms with Crippen LogP contribution in [0.5, 0.6) is 0 Å². The number of nitrogens with zero attached hydrogens (tertiary/aromatic N) is 2. The molecule has 1 amide bonds. The number of carbonyl (C=O) groups is 1. The average Bonchev–Trinajstić information content (AvgIpc) is 2.97. The fourth-order valence-electron chi connectivity index (χ4n) is 2.36. The maximum absolute atomic E-state index is 12.1. The summed E-state index contributed by atoms with van der Waals surface area (Å²) >= 11 is 5.84. The normalized spacial score (nSPS) is 16.9. The molecule has 6 nitrogen and oxygen atoms in total. The Kier molecular flexibility index (Phi) is 5.17. The SMILES string of the molecule is CC(CNC(=O)c1cc(Cl)nc(NN)c1)N1CCCC1. The summed E-state index contributed by atoms with van der Waals surface area (Å²) in [5.41, 5.74) is 2.84. The number of halogens is 1. The van der Waals surface area contributed by atoms with Gasteiger partial charge in [-0.05, 0) is 45.0 Å². The number of carbonyl (C=O) groups excluding carboxylic acids is 1. The van der Waals surface area contributed by atoms with Gasteiger partial charge in [-0.1, -0.05) is 11.6 Å². The van der Waals surface area contributed by atoms with E-state index in [9.17, 15) is 4.79 Å². The highest BCUT2D eigenvalue weighted by Gasteiger charge is 2.18. The predicted octanol–water partition coefficient (Wildman–Crippen LogP) is 1.23. The van der Waals surface area contributed by atoms with Gasteiger partial charge in [0.2, 0.25) is 0 Å². The molecular formula is C13H20ClN5O. The van der Waals surface area contributed by atoms with Crippen molar-refractivity contribution in [3.63, 3.8) is 0 Å². The highest BCUT2D eigenvalue weighted by atomic mass is 35.5. The van der Waals surface area contributed by atoms with Crippen molar-refractivity contribution >= 4 is 23.3 Å². The number of aromatic nitrogens is 1. The van der Waals surface area contributed by atoms with Crippen LogP contribution in [0.2, 0.25) is 5.15 Å². The molecular weight excluding hydrogens is 278 g/mol. The van der Waals surface area contributed by atoms with E-state index in [1.54, 1.807) is 6.07 Å². The van der Waals surface area contributed by atoms with Gasteiger partial charge in [0.1, 0.15) is 11.0 Å². The van der Waals surface area contributed by atoms with Crippen molar-refractivity contribution < 1.29 is 4.79 Å². The lowest BCUT2D eigenvalue weighted by Gasteiger charge is -2.23. The van der Waals surface area contributed by atoms with E-state index in [1.807, 2.05) is 0 Å². The van der Waals surface area contributed by atoms with Crippen molar-refractivity contribution in [2.45, 2.75) is 25.8 Å². The molecule has 110 valence electrons. The number of amides is 1. The Morgan fingerprint density at radius 1 is 1.50 bits per heavy atom. The topological polar surface area (TPSA) is 83.3 Å². The average molecular weight is 298 g/mol. The van der Waals surface area contributed by atoms with Gasteiger partial charge in [-0.3, -0.25) is 9.69 Å². The van der Waals surface area contributed by atoms with Gasteiger partial charge in [-0.2, -0.15) is 0 Å². The standard InChI is InChI=1S/C13H20ClN5O/c1-9(19-4-2-3-5-19)8-16-13(20)10-6-11(14)17-12(7-10)18-15/h6-7,9H,2-5,8,15H2,1H3,(H,16,20)(H,17,18). The molecule has 4 N–H and O–H groups in total. The van der Waals surface area contributed by atoms with E-state index in [4.69, 9.17) is 17.4 Å². The van der Waals surface area contributed by atoms with Gasteiger partial charge in [-0.15, -0.1) is 0 Å². The first-order valence-corrected chi connectivity index (χ1v) is 7.14. The van der Waals surface area contributed by atoms with Crippen LogP contribution in [0, 0.1) is 0 Å². The number of rotatable bonds is 5. The zero-order valence-corrected chi connectivity index (χ0v) is 12.3. The molecule has 1 saturated heterocycles. The van der Waals surface area contributed by atoms with Crippen LogP contribution in [0.3, 0.4) is 0 Å². The molecule has 2 rings (SSSR count). The van der Waals surface area contributed by atoms with Crippen LogP contribution in [0.4, 0.5) is 5.82 Å². The Bertz CT molecular complexity index is 476. The number of likely N-dealkylation sites (tertiary alicyclic amines) is 1. The van der Waals surface area contributed by atoms with Crippen molar-refractivity contribution in [1.82, 2.24) is 15.2 Å². The number of hydrogen-bond acceptors (Lipinski definition) is 5. The molecule has 7 heteroatoms. The zero-order chi connectivity index (χ0) is 14.5. The minimum Gasteiger partial charge on any atom is -0.350 e. The quantitative estimate of drug-likeness (QED) is 0.433. The van der Waals surface area contributed by atoms with E-state index in [2.05, 4.69) is 27.6 Å². The van der Waals surface area contributed by atoms with E-state index in [-0.39, 0.29) is 11.1 Å². The number of nitrogen functional groups attached to an aromatic ring is 1. The second-order valence-electron chi connectivity index (χ2n) is 5.01. The Morgan fingerprint density at radius 3 is 2.85 bits per heavy atom. The molecule has 1 aliphatic heterocycles. The molecule has 1 unspecified atom stereocenters. The Morgan fingerprint density at radius 2 is 2.20 bits per heavy atom. The molecule has 0 radical (unpaired) electrons. The van der Waals surface area contributed by atoms with Gasteiger partial charge >= 0.3 is 0 Å². The molecule has 1 aliphatic rings. The second kappa shape index (κ2) is 6.88. The summed E-state index contributed by atoms with van der Waals surface area (Å²) < 4.78 is 0. The molecule has 1 aromatic heterocycles. The van der Waals surface area contributed by atoms with Crippen LogP contribution in [-0.2, 0) is 0 Å². The fourth-order valence-corrected chi connectivity index (χ4v) is 2.56. The summed E-state index contributed by atoms with van der Waals surface area (Å²) in [5.74, 6) is 5.48. The van der Waals surface area contributed by atoms with Crippen molar-refractivity contribution in [3.05, 3.63) is 22.8 Å². The van der Waals surface area contributed by atoms with Gasteiger partial charge < -0.3 is 10.7 Å². The molecule has 0 saturated carbocycles. The van der Waals surface area contributed by atoms with Gasteiger partial charge in [-0.25, -0.2) is 10.8 Å². The number of pyridine rings is 1. The van der Waals surface area contributed by atoms with Gasteiger partial charge in [0.05, 0.1) is 0 Å². The van der Waals surface area contributed by atoms with Gasteiger partial charge in [0.25, 0.3) is 5.91 Å². The van der Waals surface area contributed by atoms with Crippen molar-refractivity contribution in [2.75, 3.05) is 25.1 Å². The molecule has 0 bridgehead atoms. The number of hydrazine groups is 1. The van der Waals surface area contributed by atoms with Crippen LogP contribution in [0.1, 0.15) is 30.1 Å². The first-order valence-electron chi connectivity index (χ1n) is 6.76. The molecule has 1 aromatic rings.